The molecule has 0 fully saturated rings. The molecule has 0 atom stereocenters. The molecule has 5 nitrogen and oxygen atoms in total. The minimum absolute atomic E-state index is 0.0915. The summed E-state index contributed by atoms with van der Waals surface area (Å²) >= 11 is 0. The molecule has 0 unspecified atom stereocenters. The number of hydrogen-bond acceptors (Lipinski definition) is 3. The highest BCUT2D eigenvalue weighted by atomic mass is 32.2. The van der Waals surface area contributed by atoms with E-state index in [4.69, 9.17) is 0 Å². The van der Waals surface area contributed by atoms with Gasteiger partial charge in [0, 0.05) is 26.2 Å². The van der Waals surface area contributed by atoms with Crippen molar-refractivity contribution < 1.29 is 13.2 Å². The van der Waals surface area contributed by atoms with Gasteiger partial charge in [-0.1, -0.05) is 19.9 Å². The fraction of sp³-hybridized carbons (Fsp3) is 0.533. The number of sulfonamides is 1. The van der Waals surface area contributed by atoms with Crippen LogP contribution >= 0.6 is 0 Å². The summed E-state index contributed by atoms with van der Waals surface area (Å²) in [7, 11) is -0.531. The maximum atomic E-state index is 12.1. The van der Waals surface area contributed by atoms with Crippen LogP contribution in [0.4, 0.5) is 5.69 Å². The van der Waals surface area contributed by atoms with Crippen LogP contribution in [0.5, 0.6) is 0 Å². The molecule has 0 heterocycles. The Morgan fingerprint density at radius 3 is 2.43 bits per heavy atom. The molecule has 0 saturated heterocycles. The van der Waals surface area contributed by atoms with Crippen LogP contribution < -0.4 is 5.32 Å². The molecule has 0 radical (unpaired) electrons. The minimum atomic E-state index is -3.50. The number of nitrogens with zero attached hydrogens (tertiary/aromatic N) is 1. The van der Waals surface area contributed by atoms with Crippen molar-refractivity contribution in [2.24, 2.45) is 5.92 Å². The fourth-order valence-electron chi connectivity index (χ4n) is 1.74. The highest BCUT2D eigenvalue weighted by molar-refractivity contribution is 7.89. The van der Waals surface area contributed by atoms with Gasteiger partial charge in [-0.15, -0.1) is 0 Å². The second-order valence-electron chi connectivity index (χ2n) is 5.74. The second kappa shape index (κ2) is 7.04. The van der Waals surface area contributed by atoms with Gasteiger partial charge in [0.05, 0.1) is 4.90 Å². The summed E-state index contributed by atoms with van der Waals surface area (Å²) in [5.41, 5.74) is 1.39. The summed E-state index contributed by atoms with van der Waals surface area (Å²) in [6, 6.07) is 4.76. The molecule has 0 saturated carbocycles. The van der Waals surface area contributed by atoms with Crippen LogP contribution in [-0.4, -0.2) is 32.7 Å². The summed E-state index contributed by atoms with van der Waals surface area (Å²) in [6.45, 7) is 5.95. The van der Waals surface area contributed by atoms with Crippen molar-refractivity contribution in [3.8, 4) is 0 Å². The lowest BCUT2D eigenvalue weighted by molar-refractivity contribution is -0.116. The number of rotatable bonds is 6. The van der Waals surface area contributed by atoms with Crippen LogP contribution in [-0.2, 0) is 14.8 Å². The number of anilines is 1. The molecule has 21 heavy (non-hydrogen) atoms. The van der Waals surface area contributed by atoms with Gasteiger partial charge < -0.3 is 5.32 Å². The Morgan fingerprint density at radius 2 is 1.90 bits per heavy atom. The Balaban J connectivity index is 2.96. The maximum Gasteiger partial charge on any atom is 0.242 e. The zero-order valence-corrected chi connectivity index (χ0v) is 14.1. The summed E-state index contributed by atoms with van der Waals surface area (Å²) in [6.07, 6.45) is 1.24. The normalized spacial score (nSPS) is 12.0. The van der Waals surface area contributed by atoms with Crippen molar-refractivity contribution in [1.29, 1.82) is 0 Å². The molecule has 1 amide bonds. The Morgan fingerprint density at radius 1 is 1.29 bits per heavy atom. The number of aryl methyl sites for hydroxylation is 1. The van der Waals surface area contributed by atoms with E-state index in [1.165, 1.54) is 20.2 Å². The third kappa shape index (κ3) is 4.82. The van der Waals surface area contributed by atoms with E-state index < -0.39 is 10.0 Å². The van der Waals surface area contributed by atoms with E-state index in [9.17, 15) is 13.2 Å². The first-order valence-corrected chi connectivity index (χ1v) is 8.41. The highest BCUT2D eigenvalue weighted by Gasteiger charge is 2.18. The number of amides is 1. The smallest absolute Gasteiger partial charge is 0.242 e. The summed E-state index contributed by atoms with van der Waals surface area (Å²) < 4.78 is 25.4. The topological polar surface area (TPSA) is 66.5 Å². The number of carbonyl (C=O) groups excluding carboxylic acids is 1. The number of nitrogens with one attached hydrogen (secondary N) is 1. The molecule has 0 bridgehead atoms. The van der Waals surface area contributed by atoms with Crippen molar-refractivity contribution in [3.05, 3.63) is 23.8 Å². The molecule has 0 aliphatic rings. The number of carbonyl (C=O) groups is 1. The van der Waals surface area contributed by atoms with E-state index in [0.717, 1.165) is 16.3 Å². The van der Waals surface area contributed by atoms with E-state index in [1.54, 1.807) is 12.1 Å². The predicted octanol–water partition coefficient (Wildman–Crippen LogP) is 2.62. The lowest BCUT2D eigenvalue weighted by Gasteiger charge is -2.14. The van der Waals surface area contributed by atoms with Crippen LogP contribution in [0.3, 0.4) is 0 Å². The molecule has 1 aromatic rings. The van der Waals surface area contributed by atoms with Gasteiger partial charge in [-0.05, 0) is 37.0 Å². The standard InChI is InChI=1S/C15H24N2O3S/c1-11(2)6-9-15(18)16-14-10-13(8-7-12(14)3)21(19,20)17(4)5/h7-8,10-11H,6,9H2,1-5H3,(H,16,18). The van der Waals surface area contributed by atoms with E-state index in [-0.39, 0.29) is 10.8 Å². The fourth-order valence-corrected chi connectivity index (χ4v) is 2.67. The molecule has 1 rings (SSSR count). The zero-order valence-electron chi connectivity index (χ0n) is 13.3. The number of benzene rings is 1. The molecule has 6 heteroatoms. The lowest BCUT2D eigenvalue weighted by atomic mass is 10.1. The van der Waals surface area contributed by atoms with Crippen molar-refractivity contribution in [3.63, 3.8) is 0 Å². The van der Waals surface area contributed by atoms with Crippen molar-refractivity contribution in [2.45, 2.75) is 38.5 Å². The van der Waals surface area contributed by atoms with E-state index in [2.05, 4.69) is 19.2 Å². The molecule has 118 valence electrons. The molecule has 0 aromatic heterocycles. The minimum Gasteiger partial charge on any atom is -0.326 e. The highest BCUT2D eigenvalue weighted by Crippen LogP contribution is 2.22. The lowest BCUT2D eigenvalue weighted by Crippen LogP contribution is -2.22. The third-order valence-corrected chi connectivity index (χ3v) is 5.02. The Labute approximate surface area is 127 Å². The average Bonchev–Trinajstić information content (AvgIpc) is 2.38. The zero-order chi connectivity index (χ0) is 16.2. The van der Waals surface area contributed by atoms with Crippen LogP contribution in [0.25, 0.3) is 0 Å². The summed E-state index contributed by atoms with van der Waals surface area (Å²) in [5, 5.41) is 2.80. The van der Waals surface area contributed by atoms with Crippen molar-refractivity contribution in [2.75, 3.05) is 19.4 Å². The van der Waals surface area contributed by atoms with Gasteiger partial charge in [0.15, 0.2) is 0 Å². The van der Waals surface area contributed by atoms with Crippen molar-refractivity contribution in [1.82, 2.24) is 4.31 Å². The predicted molar refractivity (Wildman–Crippen MR) is 84.8 cm³/mol. The van der Waals surface area contributed by atoms with E-state index in [1.807, 2.05) is 6.92 Å². The van der Waals surface area contributed by atoms with Crippen molar-refractivity contribution >= 4 is 21.6 Å². The van der Waals surface area contributed by atoms with Crippen LogP contribution in [0.2, 0.25) is 0 Å². The Bertz CT molecular complexity index is 607. The van der Waals surface area contributed by atoms with Gasteiger partial charge in [-0.2, -0.15) is 0 Å². The Kier molecular flexibility index (Phi) is 5.92. The third-order valence-electron chi connectivity index (χ3n) is 3.21. The molecule has 0 aliphatic carbocycles. The molecular weight excluding hydrogens is 288 g/mol. The quantitative estimate of drug-likeness (QED) is 0.878. The first kappa shape index (κ1) is 17.7. The SMILES string of the molecule is Cc1ccc(S(=O)(=O)N(C)C)cc1NC(=O)CCC(C)C. The largest absolute Gasteiger partial charge is 0.326 e. The van der Waals surface area contributed by atoms with E-state index in [0.29, 0.717) is 18.0 Å². The molecule has 0 aliphatic heterocycles. The van der Waals surface area contributed by atoms with Gasteiger partial charge in [-0.3, -0.25) is 4.79 Å². The number of hydrogen-bond donors (Lipinski definition) is 1. The summed E-state index contributed by atoms with van der Waals surface area (Å²) in [5.74, 6) is 0.364. The van der Waals surface area contributed by atoms with E-state index >= 15 is 0 Å². The molecule has 1 aromatic carbocycles. The Hall–Kier alpha value is -1.40. The van der Waals surface area contributed by atoms with Crippen LogP contribution in [0, 0.1) is 12.8 Å². The monoisotopic (exact) mass is 312 g/mol. The van der Waals surface area contributed by atoms with Crippen LogP contribution in [0.15, 0.2) is 23.1 Å². The van der Waals surface area contributed by atoms with Gasteiger partial charge in [0.1, 0.15) is 0 Å². The van der Waals surface area contributed by atoms with Gasteiger partial charge in [0.25, 0.3) is 0 Å². The van der Waals surface area contributed by atoms with Gasteiger partial charge in [0.2, 0.25) is 15.9 Å². The second-order valence-corrected chi connectivity index (χ2v) is 7.90. The molecular formula is C15H24N2O3S. The summed E-state index contributed by atoms with van der Waals surface area (Å²) in [4.78, 5) is 12.1. The van der Waals surface area contributed by atoms with Gasteiger partial charge in [-0.25, -0.2) is 12.7 Å². The molecule has 1 N–H and O–H groups in total. The first-order valence-electron chi connectivity index (χ1n) is 6.97. The first-order chi connectivity index (χ1) is 9.64. The van der Waals surface area contributed by atoms with Gasteiger partial charge >= 0.3 is 0 Å². The molecule has 0 spiro atoms. The average molecular weight is 312 g/mol. The van der Waals surface area contributed by atoms with Crippen LogP contribution in [0.1, 0.15) is 32.3 Å². The maximum absolute atomic E-state index is 12.1.